The Morgan fingerprint density at radius 1 is 0.885 bits per heavy atom. The first-order valence-electron chi connectivity index (χ1n) is 7.37. The Balaban J connectivity index is 2.20. The smallest absolute Gasteiger partial charge is 0.342 e. The minimum absolute atomic E-state index is 0.0927. The lowest BCUT2D eigenvalue weighted by atomic mass is 10.1. The van der Waals surface area contributed by atoms with E-state index in [-0.39, 0.29) is 27.6 Å². The second-order valence-electron chi connectivity index (χ2n) is 5.01. The van der Waals surface area contributed by atoms with Crippen molar-refractivity contribution in [3.63, 3.8) is 0 Å². The van der Waals surface area contributed by atoms with Crippen LogP contribution in [0.2, 0.25) is 10.0 Å². The highest BCUT2D eigenvalue weighted by atomic mass is 35.5. The van der Waals surface area contributed by atoms with E-state index in [9.17, 15) is 9.59 Å². The lowest BCUT2D eigenvalue weighted by Crippen LogP contribution is -2.15. The number of hydrogen-bond donors (Lipinski definition) is 0. The normalized spacial score (nSPS) is 10.2. The van der Waals surface area contributed by atoms with Gasteiger partial charge in [0, 0.05) is 10.6 Å². The summed E-state index contributed by atoms with van der Waals surface area (Å²) in [6.07, 6.45) is 0. The molecule has 2 rings (SSSR count). The van der Waals surface area contributed by atoms with Gasteiger partial charge in [0.1, 0.15) is 5.56 Å². The summed E-state index contributed by atoms with van der Waals surface area (Å²) >= 11 is 11.8. The largest absolute Gasteiger partial charge is 0.493 e. The van der Waals surface area contributed by atoms with Crippen molar-refractivity contribution in [1.82, 2.24) is 0 Å². The Labute approximate surface area is 160 Å². The van der Waals surface area contributed by atoms with E-state index < -0.39 is 18.4 Å². The van der Waals surface area contributed by atoms with Crippen molar-refractivity contribution in [2.45, 2.75) is 0 Å². The number of halogens is 2. The SMILES string of the molecule is COc1ccc(C(=O)OCC(=O)c2cc(Cl)ccc2Cl)c(OC)c1OC. The van der Waals surface area contributed by atoms with E-state index in [0.717, 1.165) is 0 Å². The van der Waals surface area contributed by atoms with Gasteiger partial charge in [0.15, 0.2) is 18.1 Å². The van der Waals surface area contributed by atoms with E-state index in [1.54, 1.807) is 6.07 Å². The zero-order valence-electron chi connectivity index (χ0n) is 14.3. The molecule has 0 aliphatic carbocycles. The molecule has 6 nitrogen and oxygen atoms in total. The molecule has 26 heavy (non-hydrogen) atoms. The average Bonchev–Trinajstić information content (AvgIpc) is 2.66. The van der Waals surface area contributed by atoms with Crippen molar-refractivity contribution in [1.29, 1.82) is 0 Å². The zero-order valence-corrected chi connectivity index (χ0v) is 15.8. The van der Waals surface area contributed by atoms with Crippen LogP contribution in [0.15, 0.2) is 30.3 Å². The van der Waals surface area contributed by atoms with Crippen molar-refractivity contribution in [2.75, 3.05) is 27.9 Å². The number of Topliss-reactive ketones (excluding diaryl/α,β-unsaturated/α-hetero) is 1. The summed E-state index contributed by atoms with van der Waals surface area (Å²) in [7, 11) is 4.26. The van der Waals surface area contributed by atoms with Gasteiger partial charge in [-0.15, -0.1) is 0 Å². The standard InChI is InChI=1S/C18H16Cl2O6/c1-23-15-7-5-11(16(24-2)17(15)25-3)18(22)26-9-14(21)12-8-10(19)4-6-13(12)20/h4-8H,9H2,1-3H3. The van der Waals surface area contributed by atoms with E-state index in [0.29, 0.717) is 10.8 Å². The summed E-state index contributed by atoms with van der Waals surface area (Å²) in [6, 6.07) is 7.46. The van der Waals surface area contributed by atoms with Gasteiger partial charge < -0.3 is 18.9 Å². The van der Waals surface area contributed by atoms with Gasteiger partial charge in [-0.1, -0.05) is 23.2 Å². The predicted octanol–water partition coefficient (Wildman–Crippen LogP) is 4.06. The molecule has 0 saturated heterocycles. The Morgan fingerprint density at radius 2 is 1.58 bits per heavy atom. The van der Waals surface area contributed by atoms with Crippen LogP contribution in [0.5, 0.6) is 17.2 Å². The van der Waals surface area contributed by atoms with Crippen LogP contribution in [0.1, 0.15) is 20.7 Å². The molecule has 0 aliphatic rings. The maximum Gasteiger partial charge on any atom is 0.342 e. The first kappa shape index (κ1) is 19.9. The molecule has 0 saturated carbocycles. The van der Waals surface area contributed by atoms with Crippen LogP contribution in [0.4, 0.5) is 0 Å². The summed E-state index contributed by atoms with van der Waals surface area (Å²) in [5.41, 5.74) is 0.265. The van der Waals surface area contributed by atoms with Gasteiger partial charge >= 0.3 is 5.97 Å². The zero-order chi connectivity index (χ0) is 19.3. The number of benzene rings is 2. The number of esters is 1. The molecule has 0 spiro atoms. The van der Waals surface area contributed by atoms with Gasteiger partial charge in [-0.05, 0) is 30.3 Å². The molecule has 0 unspecified atom stereocenters. The van der Waals surface area contributed by atoms with Crippen LogP contribution >= 0.6 is 23.2 Å². The van der Waals surface area contributed by atoms with Gasteiger partial charge in [-0.2, -0.15) is 0 Å². The quantitative estimate of drug-likeness (QED) is 0.517. The summed E-state index contributed by atoms with van der Waals surface area (Å²) in [5, 5.41) is 0.574. The van der Waals surface area contributed by atoms with Crippen LogP contribution in [-0.4, -0.2) is 39.7 Å². The van der Waals surface area contributed by atoms with Gasteiger partial charge in [0.05, 0.1) is 26.4 Å². The molecule has 0 aromatic heterocycles. The molecule has 8 heteroatoms. The van der Waals surface area contributed by atoms with Crippen LogP contribution in [0, 0.1) is 0 Å². The predicted molar refractivity (Wildman–Crippen MR) is 97.2 cm³/mol. The molecule has 0 heterocycles. The third-order valence-electron chi connectivity index (χ3n) is 3.49. The Bertz CT molecular complexity index is 835. The van der Waals surface area contributed by atoms with Crippen LogP contribution in [0.3, 0.4) is 0 Å². The van der Waals surface area contributed by atoms with Crippen molar-refractivity contribution >= 4 is 35.0 Å². The van der Waals surface area contributed by atoms with Crippen LogP contribution in [-0.2, 0) is 4.74 Å². The van der Waals surface area contributed by atoms with E-state index >= 15 is 0 Å². The second-order valence-corrected chi connectivity index (χ2v) is 5.85. The minimum Gasteiger partial charge on any atom is -0.493 e. The molecule has 0 atom stereocenters. The Kier molecular flexibility index (Phi) is 6.71. The molecule has 0 amide bonds. The van der Waals surface area contributed by atoms with Crippen LogP contribution in [0.25, 0.3) is 0 Å². The fourth-order valence-corrected chi connectivity index (χ4v) is 2.65. The van der Waals surface area contributed by atoms with Crippen molar-refractivity contribution < 1.29 is 28.5 Å². The number of carbonyl (C=O) groups excluding carboxylic acids is 2. The third kappa shape index (κ3) is 4.20. The third-order valence-corrected chi connectivity index (χ3v) is 4.05. The number of carbonyl (C=O) groups is 2. The second kappa shape index (κ2) is 8.78. The minimum atomic E-state index is -0.755. The van der Waals surface area contributed by atoms with Crippen molar-refractivity contribution in [3.8, 4) is 17.2 Å². The Morgan fingerprint density at radius 3 is 2.19 bits per heavy atom. The number of methoxy groups -OCH3 is 3. The average molecular weight is 399 g/mol. The molecular formula is C18H16Cl2O6. The number of hydrogen-bond acceptors (Lipinski definition) is 6. The topological polar surface area (TPSA) is 71.1 Å². The molecule has 0 N–H and O–H groups in total. The molecule has 0 aliphatic heterocycles. The van der Waals surface area contributed by atoms with E-state index in [4.69, 9.17) is 42.1 Å². The maximum absolute atomic E-state index is 12.4. The first-order valence-corrected chi connectivity index (χ1v) is 8.12. The first-order chi connectivity index (χ1) is 12.4. The molecule has 138 valence electrons. The van der Waals surface area contributed by atoms with Gasteiger partial charge in [0.25, 0.3) is 0 Å². The van der Waals surface area contributed by atoms with Gasteiger partial charge in [-0.3, -0.25) is 4.79 Å². The van der Waals surface area contributed by atoms with Crippen LogP contribution < -0.4 is 14.2 Å². The Hall–Kier alpha value is -2.44. The molecule has 2 aromatic rings. The summed E-state index contributed by atoms with van der Waals surface area (Å²) in [4.78, 5) is 24.6. The number of rotatable bonds is 7. The fraction of sp³-hybridized carbons (Fsp3) is 0.222. The van der Waals surface area contributed by atoms with E-state index in [2.05, 4.69) is 0 Å². The lowest BCUT2D eigenvalue weighted by molar-refractivity contribution is 0.0471. The highest BCUT2D eigenvalue weighted by Gasteiger charge is 2.23. The highest BCUT2D eigenvalue weighted by molar-refractivity contribution is 6.36. The number of ketones is 1. The summed E-state index contributed by atoms with van der Waals surface area (Å²) < 4.78 is 20.7. The number of ether oxygens (including phenoxy) is 4. The monoisotopic (exact) mass is 398 g/mol. The molecule has 2 aromatic carbocycles. The van der Waals surface area contributed by atoms with Gasteiger partial charge in [-0.25, -0.2) is 4.79 Å². The van der Waals surface area contributed by atoms with E-state index in [1.165, 1.54) is 45.6 Å². The van der Waals surface area contributed by atoms with E-state index in [1.807, 2.05) is 0 Å². The summed E-state index contributed by atoms with van der Waals surface area (Å²) in [6.45, 7) is -0.504. The molecule has 0 fully saturated rings. The molecule has 0 radical (unpaired) electrons. The molecule has 0 bridgehead atoms. The summed E-state index contributed by atoms with van der Waals surface area (Å²) in [5.74, 6) is -0.457. The molecular weight excluding hydrogens is 383 g/mol. The fourth-order valence-electron chi connectivity index (χ4n) is 2.26. The van der Waals surface area contributed by atoms with Crippen molar-refractivity contribution in [2.24, 2.45) is 0 Å². The van der Waals surface area contributed by atoms with Gasteiger partial charge in [0.2, 0.25) is 11.5 Å². The highest BCUT2D eigenvalue weighted by Crippen LogP contribution is 2.40. The lowest BCUT2D eigenvalue weighted by Gasteiger charge is -2.15. The van der Waals surface area contributed by atoms with Crippen molar-refractivity contribution in [3.05, 3.63) is 51.5 Å². The maximum atomic E-state index is 12.4.